The molecule has 4 aliphatic rings. The predicted molar refractivity (Wildman–Crippen MR) is 125 cm³/mol. The molecule has 3 heterocycles. The molecular weight excluding hydrogens is 489 g/mol. The van der Waals surface area contributed by atoms with Crippen molar-refractivity contribution in [2.75, 3.05) is 19.8 Å². The number of halogens is 3. The molecule has 1 atom stereocenters. The van der Waals surface area contributed by atoms with E-state index in [2.05, 4.69) is 10.6 Å². The van der Waals surface area contributed by atoms with Gasteiger partial charge in [0.15, 0.2) is 6.61 Å². The quantitative estimate of drug-likeness (QED) is 0.587. The Morgan fingerprint density at radius 3 is 2.78 bits per heavy atom. The predicted octanol–water partition coefficient (Wildman–Crippen LogP) is 3.27. The molecule has 6 rings (SSSR count). The minimum Gasteiger partial charge on any atom is -0.484 e. The molecule has 1 aromatic carbocycles. The van der Waals surface area contributed by atoms with E-state index in [-0.39, 0.29) is 23.3 Å². The minimum absolute atomic E-state index is 0.146. The number of aryl methyl sites for hydroxylation is 2. The molecule has 0 unspecified atom stereocenters. The van der Waals surface area contributed by atoms with E-state index in [4.69, 9.17) is 14.6 Å². The average Bonchev–Trinajstić information content (AvgIpc) is 3.49. The summed E-state index contributed by atoms with van der Waals surface area (Å²) in [6.07, 6.45) is 0.405. The number of carbonyl (C=O) groups is 2. The Morgan fingerprint density at radius 1 is 1.32 bits per heavy atom. The highest BCUT2D eigenvalue weighted by molar-refractivity contribution is 6.08. The van der Waals surface area contributed by atoms with Crippen LogP contribution in [0.1, 0.15) is 70.3 Å². The molecule has 0 bridgehead atoms. The molecule has 2 aliphatic carbocycles. The maximum Gasteiger partial charge on any atom is 0.422 e. The molecule has 1 saturated heterocycles. The number of carbonyl (C=O) groups excluding carboxylic acids is 2. The molecule has 2 N–H and O–H groups in total. The van der Waals surface area contributed by atoms with Crippen LogP contribution >= 0.6 is 0 Å². The van der Waals surface area contributed by atoms with Crippen molar-refractivity contribution in [3.63, 3.8) is 0 Å². The van der Waals surface area contributed by atoms with Crippen LogP contribution in [-0.4, -0.2) is 53.1 Å². The standard InChI is InChI=1S/C26H29F3N4O4/c1-24(12-36-13-24)30-23(35)21-20-19(32-33(21)9-7-15-2-3-15)11-25(31-22(20)34)8-6-16-10-17(4-5-18(16)25)37-14-26(27,28)29/h4-5,10,15H,2-3,6-9,11-14H2,1H3,(H,30,35)(H,31,34)/t25-/m0/s1. The summed E-state index contributed by atoms with van der Waals surface area (Å²) in [6, 6.07) is 4.86. The van der Waals surface area contributed by atoms with Crippen LogP contribution in [0.3, 0.4) is 0 Å². The van der Waals surface area contributed by atoms with E-state index in [0.29, 0.717) is 56.2 Å². The number of alkyl halides is 3. The van der Waals surface area contributed by atoms with Gasteiger partial charge >= 0.3 is 6.18 Å². The Morgan fingerprint density at radius 2 is 2.11 bits per heavy atom. The van der Waals surface area contributed by atoms with Crippen molar-refractivity contribution in [3.05, 3.63) is 46.3 Å². The molecule has 11 heteroatoms. The molecule has 2 aromatic rings. The fraction of sp³-hybridized carbons (Fsp3) is 0.577. The second-order valence-corrected chi connectivity index (χ2v) is 11.1. The van der Waals surface area contributed by atoms with Gasteiger partial charge < -0.3 is 20.1 Å². The Balaban J connectivity index is 1.30. The van der Waals surface area contributed by atoms with E-state index in [1.165, 1.54) is 18.9 Å². The van der Waals surface area contributed by atoms with Gasteiger partial charge in [-0.15, -0.1) is 0 Å². The lowest BCUT2D eigenvalue weighted by molar-refractivity contribution is -0.153. The number of ether oxygens (including phenoxy) is 2. The van der Waals surface area contributed by atoms with Crippen molar-refractivity contribution in [2.45, 2.75) is 69.2 Å². The van der Waals surface area contributed by atoms with Crippen LogP contribution in [-0.2, 0) is 29.7 Å². The lowest BCUT2D eigenvalue weighted by Crippen LogP contribution is -2.60. The largest absolute Gasteiger partial charge is 0.484 e. The van der Waals surface area contributed by atoms with Crippen LogP contribution in [0, 0.1) is 5.92 Å². The van der Waals surface area contributed by atoms with E-state index in [1.54, 1.807) is 16.8 Å². The SMILES string of the molecule is CC1(NC(=O)c2c3c(nn2CCC2CC2)C[C@]2(CCc4cc(OCC(F)(F)F)ccc42)NC3=O)COC1. The van der Waals surface area contributed by atoms with Gasteiger partial charge in [-0.1, -0.05) is 18.9 Å². The molecule has 198 valence electrons. The number of nitrogens with zero attached hydrogens (tertiary/aromatic N) is 2. The van der Waals surface area contributed by atoms with Gasteiger partial charge in [0.1, 0.15) is 11.4 Å². The fourth-order valence-electron chi connectivity index (χ4n) is 5.70. The second-order valence-electron chi connectivity index (χ2n) is 11.1. The summed E-state index contributed by atoms with van der Waals surface area (Å²) >= 11 is 0. The normalized spacial score (nSPS) is 23.7. The van der Waals surface area contributed by atoms with Gasteiger partial charge in [-0.3, -0.25) is 14.3 Å². The summed E-state index contributed by atoms with van der Waals surface area (Å²) in [5, 5.41) is 10.9. The van der Waals surface area contributed by atoms with E-state index in [1.807, 2.05) is 6.92 Å². The summed E-state index contributed by atoms with van der Waals surface area (Å²) in [7, 11) is 0. The summed E-state index contributed by atoms with van der Waals surface area (Å²) in [5.74, 6) is 0.0853. The van der Waals surface area contributed by atoms with Crippen LogP contribution in [0.4, 0.5) is 13.2 Å². The van der Waals surface area contributed by atoms with Gasteiger partial charge in [-0.25, -0.2) is 0 Å². The van der Waals surface area contributed by atoms with Crippen LogP contribution in [0.2, 0.25) is 0 Å². The number of nitrogens with one attached hydrogen (secondary N) is 2. The van der Waals surface area contributed by atoms with E-state index in [0.717, 1.165) is 17.5 Å². The van der Waals surface area contributed by atoms with Crippen LogP contribution < -0.4 is 15.4 Å². The molecule has 1 saturated carbocycles. The first-order chi connectivity index (χ1) is 17.5. The third kappa shape index (κ3) is 4.58. The molecule has 2 amide bonds. The van der Waals surface area contributed by atoms with Crippen LogP contribution in [0.25, 0.3) is 0 Å². The Hall–Kier alpha value is -3.08. The summed E-state index contributed by atoms with van der Waals surface area (Å²) in [5.41, 5.74) is 1.66. The number of benzene rings is 1. The van der Waals surface area contributed by atoms with Gasteiger partial charge in [0.25, 0.3) is 11.8 Å². The van der Waals surface area contributed by atoms with E-state index >= 15 is 0 Å². The lowest BCUT2D eigenvalue weighted by atomic mass is 9.82. The summed E-state index contributed by atoms with van der Waals surface area (Å²) in [4.78, 5) is 26.9. The van der Waals surface area contributed by atoms with Gasteiger partial charge in [0.05, 0.1) is 35.5 Å². The number of hydrogen-bond acceptors (Lipinski definition) is 5. The molecule has 37 heavy (non-hydrogen) atoms. The number of hydrogen-bond donors (Lipinski definition) is 2. The molecular formula is C26H29F3N4O4. The first kappa shape index (κ1) is 24.3. The highest BCUT2D eigenvalue weighted by Crippen LogP contribution is 2.44. The minimum atomic E-state index is -4.42. The highest BCUT2D eigenvalue weighted by atomic mass is 19.4. The Labute approximate surface area is 211 Å². The first-order valence-electron chi connectivity index (χ1n) is 12.7. The van der Waals surface area contributed by atoms with Crippen molar-refractivity contribution in [3.8, 4) is 5.75 Å². The molecule has 2 aliphatic heterocycles. The zero-order chi connectivity index (χ0) is 26.0. The lowest BCUT2D eigenvalue weighted by Gasteiger charge is -2.39. The Bertz CT molecular complexity index is 1270. The monoisotopic (exact) mass is 518 g/mol. The maximum atomic E-state index is 13.6. The number of amides is 2. The third-order valence-electron chi connectivity index (χ3n) is 7.81. The van der Waals surface area contributed by atoms with Crippen molar-refractivity contribution in [1.82, 2.24) is 20.4 Å². The second kappa shape index (κ2) is 8.47. The van der Waals surface area contributed by atoms with Gasteiger partial charge in [0, 0.05) is 13.0 Å². The smallest absolute Gasteiger partial charge is 0.422 e. The molecule has 2 fully saturated rings. The molecule has 0 radical (unpaired) electrons. The molecule has 8 nitrogen and oxygen atoms in total. The van der Waals surface area contributed by atoms with E-state index in [9.17, 15) is 22.8 Å². The van der Waals surface area contributed by atoms with Crippen molar-refractivity contribution < 1.29 is 32.2 Å². The summed E-state index contributed by atoms with van der Waals surface area (Å²) in [6.45, 7) is 1.94. The number of fused-ring (bicyclic) bond motifs is 3. The topological polar surface area (TPSA) is 94.5 Å². The van der Waals surface area contributed by atoms with Crippen molar-refractivity contribution in [1.29, 1.82) is 0 Å². The highest BCUT2D eigenvalue weighted by Gasteiger charge is 2.48. The number of aromatic nitrogens is 2. The van der Waals surface area contributed by atoms with Gasteiger partial charge in [-0.2, -0.15) is 18.3 Å². The van der Waals surface area contributed by atoms with Crippen molar-refractivity contribution in [2.24, 2.45) is 5.92 Å². The average molecular weight is 519 g/mol. The van der Waals surface area contributed by atoms with Gasteiger partial charge in [0.2, 0.25) is 0 Å². The van der Waals surface area contributed by atoms with Crippen LogP contribution in [0.15, 0.2) is 18.2 Å². The third-order valence-corrected chi connectivity index (χ3v) is 7.81. The zero-order valence-corrected chi connectivity index (χ0v) is 20.5. The van der Waals surface area contributed by atoms with Gasteiger partial charge in [-0.05, 0) is 55.4 Å². The van der Waals surface area contributed by atoms with E-state index < -0.39 is 23.9 Å². The number of rotatable bonds is 7. The first-order valence-corrected chi connectivity index (χ1v) is 12.7. The fourth-order valence-corrected chi connectivity index (χ4v) is 5.70. The zero-order valence-electron chi connectivity index (χ0n) is 20.5. The molecule has 1 spiro atoms. The molecule has 1 aromatic heterocycles. The van der Waals surface area contributed by atoms with Crippen LogP contribution in [0.5, 0.6) is 5.75 Å². The summed E-state index contributed by atoms with van der Waals surface area (Å²) < 4.78 is 49.6. The maximum absolute atomic E-state index is 13.6. The van der Waals surface area contributed by atoms with Crippen molar-refractivity contribution >= 4 is 11.8 Å². The Kier molecular flexibility index (Phi) is 5.56.